The molecule has 1 heterocycles. The highest BCUT2D eigenvalue weighted by molar-refractivity contribution is 5.95. The lowest BCUT2D eigenvalue weighted by molar-refractivity contribution is -0.904. The fraction of sp³-hybridized carbons (Fsp3) is 0.286. The Hall–Kier alpha value is -3.59. The number of amides is 1. The average molecular weight is 410 g/mol. The number of nitrogens with zero attached hydrogens (tertiary/aromatic N) is 2. The third-order valence-electron chi connectivity index (χ3n) is 5.16. The van der Waals surface area contributed by atoms with Gasteiger partial charge in [0.05, 0.1) is 22.4 Å². The van der Waals surface area contributed by atoms with Gasteiger partial charge in [0.15, 0.2) is 12.4 Å². The number of rotatable bonds is 7. The first-order valence-electron chi connectivity index (χ1n) is 9.66. The number of fused-ring (bicyclic) bond motifs is 1. The quantitative estimate of drug-likeness (QED) is 0.402. The predicted molar refractivity (Wildman–Crippen MR) is 114 cm³/mol. The monoisotopic (exact) mass is 410 g/mol. The summed E-state index contributed by atoms with van der Waals surface area (Å²) < 4.78 is 0. The van der Waals surface area contributed by atoms with E-state index >= 15 is 0 Å². The van der Waals surface area contributed by atoms with Gasteiger partial charge in [-0.15, -0.1) is 0 Å². The molecule has 0 aliphatic heterocycles. The van der Waals surface area contributed by atoms with E-state index in [2.05, 4.69) is 15.3 Å². The zero-order valence-electron chi connectivity index (χ0n) is 17.1. The third kappa shape index (κ3) is 4.52. The van der Waals surface area contributed by atoms with Crippen LogP contribution in [0, 0.1) is 24.0 Å². The van der Waals surface area contributed by atoms with Crippen molar-refractivity contribution in [1.82, 2.24) is 9.97 Å². The number of anilines is 1. The van der Waals surface area contributed by atoms with E-state index in [9.17, 15) is 19.7 Å². The van der Waals surface area contributed by atoms with Crippen molar-refractivity contribution in [3.63, 3.8) is 0 Å². The number of carbonyl (C=O) groups is 1. The number of para-hydroxylation sites is 1. The third-order valence-corrected chi connectivity index (χ3v) is 5.16. The highest BCUT2D eigenvalue weighted by Crippen LogP contribution is 2.29. The van der Waals surface area contributed by atoms with Crippen LogP contribution in [-0.2, 0) is 11.3 Å². The molecule has 0 saturated heterocycles. The van der Waals surface area contributed by atoms with Gasteiger partial charge < -0.3 is 15.2 Å². The molecule has 156 valence electrons. The summed E-state index contributed by atoms with van der Waals surface area (Å²) >= 11 is 0. The molecule has 0 radical (unpaired) electrons. The second kappa shape index (κ2) is 8.83. The van der Waals surface area contributed by atoms with Crippen molar-refractivity contribution in [2.24, 2.45) is 0 Å². The van der Waals surface area contributed by atoms with Gasteiger partial charge in [0.2, 0.25) is 0 Å². The molecule has 3 N–H and O–H groups in total. The van der Waals surface area contributed by atoms with Crippen molar-refractivity contribution in [1.29, 1.82) is 0 Å². The van der Waals surface area contributed by atoms with Crippen molar-refractivity contribution in [3.05, 3.63) is 73.8 Å². The molecular formula is C21H24N5O4+. The maximum atomic E-state index is 12.6. The molecule has 1 unspecified atom stereocenters. The van der Waals surface area contributed by atoms with Crippen molar-refractivity contribution >= 4 is 28.2 Å². The summed E-state index contributed by atoms with van der Waals surface area (Å²) in [5, 5.41) is 14.5. The summed E-state index contributed by atoms with van der Waals surface area (Å²) in [7, 11) is 0. The van der Waals surface area contributed by atoms with Crippen molar-refractivity contribution in [2.45, 2.75) is 27.3 Å². The van der Waals surface area contributed by atoms with Crippen LogP contribution in [0.25, 0.3) is 10.9 Å². The topological polar surface area (TPSA) is 122 Å². The number of H-pyrrole nitrogens is 1. The van der Waals surface area contributed by atoms with Crippen molar-refractivity contribution < 1.29 is 14.6 Å². The first-order valence-corrected chi connectivity index (χ1v) is 9.66. The zero-order chi connectivity index (χ0) is 21.8. The fourth-order valence-electron chi connectivity index (χ4n) is 3.29. The summed E-state index contributed by atoms with van der Waals surface area (Å²) in [5.41, 5.74) is 1.98. The second-order valence-corrected chi connectivity index (χ2v) is 7.19. The summed E-state index contributed by atoms with van der Waals surface area (Å²) in [6, 6.07) is 10.1. The normalized spacial score (nSPS) is 12.0. The molecule has 0 aliphatic rings. The van der Waals surface area contributed by atoms with Crippen LogP contribution in [-0.4, -0.2) is 33.9 Å². The minimum Gasteiger partial charge on any atom is -0.321 e. The summed E-state index contributed by atoms with van der Waals surface area (Å²) in [6.07, 6.45) is 0. The SMILES string of the molecule is CC[NH+](CC(=O)Nc1c([N+](=O)[O-])ccc(C)c1C)Cc1nc2ccccc2c(=O)[nH]1. The van der Waals surface area contributed by atoms with E-state index in [0.717, 1.165) is 10.5 Å². The average Bonchev–Trinajstić information content (AvgIpc) is 2.70. The molecule has 2 aromatic carbocycles. The van der Waals surface area contributed by atoms with Crippen LogP contribution in [0.4, 0.5) is 11.4 Å². The lowest BCUT2D eigenvalue weighted by Gasteiger charge is -2.17. The molecule has 0 saturated carbocycles. The number of hydrogen-bond donors (Lipinski definition) is 3. The number of aromatic nitrogens is 2. The Bertz CT molecular complexity index is 1170. The van der Waals surface area contributed by atoms with Gasteiger partial charge in [-0.3, -0.25) is 19.7 Å². The Balaban J connectivity index is 1.77. The molecule has 1 atom stereocenters. The van der Waals surface area contributed by atoms with E-state index in [1.54, 1.807) is 31.2 Å². The van der Waals surface area contributed by atoms with Crippen LogP contribution in [0.5, 0.6) is 0 Å². The number of carbonyl (C=O) groups excluding carboxylic acids is 1. The Morgan fingerprint density at radius 2 is 1.97 bits per heavy atom. The molecule has 1 aromatic heterocycles. The molecule has 0 fully saturated rings. The van der Waals surface area contributed by atoms with E-state index in [1.165, 1.54) is 6.07 Å². The number of nitrogens with one attached hydrogen (secondary N) is 3. The maximum absolute atomic E-state index is 12.6. The first kappa shape index (κ1) is 21.1. The minimum atomic E-state index is -0.504. The van der Waals surface area contributed by atoms with Crippen molar-refractivity contribution in [3.8, 4) is 0 Å². The van der Waals surface area contributed by atoms with Gasteiger partial charge in [0.25, 0.3) is 17.2 Å². The molecule has 3 aromatic rings. The standard InChI is InChI=1S/C21H23N5O4/c1-4-25(11-18-22-16-8-6-5-7-15(16)21(28)23-18)12-19(27)24-20-14(3)13(2)9-10-17(20)26(29)30/h5-10H,4,11-12H2,1-3H3,(H,24,27)(H,22,23,28)/p+1. The second-order valence-electron chi connectivity index (χ2n) is 7.19. The highest BCUT2D eigenvalue weighted by Gasteiger charge is 2.22. The van der Waals surface area contributed by atoms with E-state index in [-0.39, 0.29) is 29.4 Å². The highest BCUT2D eigenvalue weighted by atomic mass is 16.6. The zero-order valence-corrected chi connectivity index (χ0v) is 17.1. The Kier molecular flexibility index (Phi) is 6.22. The van der Waals surface area contributed by atoms with Gasteiger partial charge in [-0.2, -0.15) is 0 Å². The van der Waals surface area contributed by atoms with E-state index < -0.39 is 4.92 Å². The minimum absolute atomic E-state index is 0.0809. The molecular weight excluding hydrogens is 386 g/mol. The van der Waals surface area contributed by atoms with Crippen LogP contribution in [0.2, 0.25) is 0 Å². The van der Waals surface area contributed by atoms with Crippen LogP contribution in [0.1, 0.15) is 23.9 Å². The molecule has 0 spiro atoms. The lowest BCUT2D eigenvalue weighted by atomic mass is 10.1. The largest absolute Gasteiger partial charge is 0.321 e. The van der Waals surface area contributed by atoms with Gasteiger partial charge in [-0.1, -0.05) is 18.2 Å². The van der Waals surface area contributed by atoms with Gasteiger partial charge in [0.1, 0.15) is 12.2 Å². The van der Waals surface area contributed by atoms with Crippen molar-refractivity contribution in [2.75, 3.05) is 18.4 Å². The van der Waals surface area contributed by atoms with Gasteiger partial charge in [-0.05, 0) is 44.0 Å². The summed E-state index contributed by atoms with van der Waals surface area (Å²) in [6.45, 7) is 6.53. The molecule has 0 aliphatic carbocycles. The molecule has 9 nitrogen and oxygen atoms in total. The summed E-state index contributed by atoms with van der Waals surface area (Å²) in [4.78, 5) is 43.8. The molecule has 3 rings (SSSR count). The van der Waals surface area contributed by atoms with Crippen LogP contribution >= 0.6 is 0 Å². The number of quaternary nitrogens is 1. The Morgan fingerprint density at radius 1 is 1.23 bits per heavy atom. The van der Waals surface area contributed by atoms with E-state index in [4.69, 9.17) is 0 Å². The molecule has 30 heavy (non-hydrogen) atoms. The van der Waals surface area contributed by atoms with E-state index in [0.29, 0.717) is 35.4 Å². The van der Waals surface area contributed by atoms with Crippen LogP contribution in [0.15, 0.2) is 41.2 Å². The van der Waals surface area contributed by atoms with Gasteiger partial charge >= 0.3 is 0 Å². The number of nitro benzene ring substituents is 1. The number of likely N-dealkylation sites (N-methyl/N-ethyl adjacent to an activating group) is 1. The lowest BCUT2D eigenvalue weighted by Crippen LogP contribution is -3.11. The number of hydrogen-bond acceptors (Lipinski definition) is 5. The number of aromatic amines is 1. The molecule has 0 bridgehead atoms. The fourth-order valence-corrected chi connectivity index (χ4v) is 3.29. The first-order chi connectivity index (χ1) is 14.3. The Labute approximate surface area is 172 Å². The van der Waals surface area contributed by atoms with Crippen LogP contribution < -0.4 is 15.8 Å². The molecule has 9 heteroatoms. The summed E-state index contributed by atoms with van der Waals surface area (Å²) in [5.74, 6) is 0.146. The van der Waals surface area contributed by atoms with Gasteiger partial charge in [0, 0.05) is 6.07 Å². The van der Waals surface area contributed by atoms with Crippen LogP contribution in [0.3, 0.4) is 0 Å². The number of benzene rings is 2. The molecule has 1 amide bonds. The maximum Gasteiger partial charge on any atom is 0.293 e. The van der Waals surface area contributed by atoms with E-state index in [1.807, 2.05) is 19.9 Å². The Morgan fingerprint density at radius 3 is 2.67 bits per heavy atom. The smallest absolute Gasteiger partial charge is 0.293 e. The number of aryl methyl sites for hydroxylation is 1. The predicted octanol–water partition coefficient (Wildman–Crippen LogP) is 1.49. The number of nitro groups is 1. The van der Waals surface area contributed by atoms with Gasteiger partial charge in [-0.25, -0.2) is 4.98 Å².